The molecule has 2 rings (SSSR count). The van der Waals surface area contributed by atoms with Crippen molar-refractivity contribution in [2.75, 3.05) is 0 Å². The first kappa shape index (κ1) is 11.4. The van der Waals surface area contributed by atoms with E-state index in [1.165, 1.54) is 32.1 Å². The molecular weight excluding hydrogens is 186 g/mol. The highest BCUT2D eigenvalue weighted by molar-refractivity contribution is 5.05. The monoisotopic (exact) mass is 211 g/mol. The molecule has 0 amide bonds. The molecular formula is C13H25NO. The Labute approximate surface area is 93.5 Å². The van der Waals surface area contributed by atoms with E-state index in [0.717, 1.165) is 18.4 Å². The number of rotatable bonds is 3. The Hall–Kier alpha value is -0.0800. The molecule has 3 atom stereocenters. The topological polar surface area (TPSA) is 32.3 Å². The fourth-order valence-corrected chi connectivity index (χ4v) is 3.75. The van der Waals surface area contributed by atoms with E-state index in [4.69, 9.17) is 0 Å². The summed E-state index contributed by atoms with van der Waals surface area (Å²) >= 11 is 0. The van der Waals surface area contributed by atoms with E-state index in [0.29, 0.717) is 0 Å². The number of nitrogens with one attached hydrogen (secondary N) is 1. The predicted molar refractivity (Wildman–Crippen MR) is 62.8 cm³/mol. The van der Waals surface area contributed by atoms with Crippen molar-refractivity contribution < 1.29 is 5.11 Å². The standard InChI is InChI=1S/C13H25NO/c1-4-10-7-11-5-6-13(8-10,14-11)9-12(2,3)15/h10-11,14-15H,4-9H2,1-3H3. The summed E-state index contributed by atoms with van der Waals surface area (Å²) in [5, 5.41) is 13.8. The molecule has 15 heavy (non-hydrogen) atoms. The second-order valence-corrected chi connectivity index (χ2v) is 6.36. The third-order valence-electron chi connectivity index (χ3n) is 4.13. The first-order valence-electron chi connectivity index (χ1n) is 6.42. The molecule has 2 nitrogen and oxygen atoms in total. The van der Waals surface area contributed by atoms with Gasteiger partial charge in [0, 0.05) is 11.6 Å². The lowest BCUT2D eigenvalue weighted by atomic mass is 9.76. The second-order valence-electron chi connectivity index (χ2n) is 6.36. The lowest BCUT2D eigenvalue weighted by Crippen LogP contribution is -2.52. The van der Waals surface area contributed by atoms with E-state index in [1.54, 1.807) is 0 Å². The van der Waals surface area contributed by atoms with Gasteiger partial charge in [-0.15, -0.1) is 0 Å². The molecule has 2 N–H and O–H groups in total. The summed E-state index contributed by atoms with van der Waals surface area (Å²) in [6.07, 6.45) is 7.40. The van der Waals surface area contributed by atoms with Crippen molar-refractivity contribution in [3.05, 3.63) is 0 Å². The summed E-state index contributed by atoms with van der Waals surface area (Å²) in [6, 6.07) is 0.728. The molecule has 3 unspecified atom stereocenters. The molecule has 0 spiro atoms. The van der Waals surface area contributed by atoms with E-state index in [1.807, 2.05) is 13.8 Å². The van der Waals surface area contributed by atoms with Gasteiger partial charge in [-0.25, -0.2) is 0 Å². The maximum absolute atomic E-state index is 10.0. The van der Waals surface area contributed by atoms with Crippen LogP contribution in [-0.4, -0.2) is 22.3 Å². The second kappa shape index (κ2) is 3.74. The fourth-order valence-electron chi connectivity index (χ4n) is 3.75. The maximum atomic E-state index is 10.0. The Morgan fingerprint density at radius 2 is 2.20 bits per heavy atom. The third kappa shape index (κ3) is 2.54. The van der Waals surface area contributed by atoms with Crippen LogP contribution in [0.5, 0.6) is 0 Å². The van der Waals surface area contributed by atoms with Crippen LogP contribution in [0.2, 0.25) is 0 Å². The zero-order valence-electron chi connectivity index (χ0n) is 10.3. The molecule has 0 radical (unpaired) electrons. The molecule has 2 aliphatic rings. The van der Waals surface area contributed by atoms with E-state index in [2.05, 4.69) is 12.2 Å². The highest BCUT2D eigenvalue weighted by Crippen LogP contribution is 2.43. The van der Waals surface area contributed by atoms with Crippen molar-refractivity contribution in [2.24, 2.45) is 5.92 Å². The summed E-state index contributed by atoms with van der Waals surface area (Å²) in [5.41, 5.74) is -0.278. The first-order valence-corrected chi connectivity index (χ1v) is 6.42. The van der Waals surface area contributed by atoms with E-state index >= 15 is 0 Å². The smallest absolute Gasteiger partial charge is 0.0609 e. The van der Waals surface area contributed by atoms with Crippen LogP contribution < -0.4 is 5.32 Å². The molecule has 2 heterocycles. The Morgan fingerprint density at radius 1 is 1.47 bits per heavy atom. The van der Waals surface area contributed by atoms with E-state index < -0.39 is 5.60 Å². The van der Waals surface area contributed by atoms with Gasteiger partial charge in [-0.2, -0.15) is 0 Å². The number of hydrogen-bond acceptors (Lipinski definition) is 2. The molecule has 2 fully saturated rings. The third-order valence-corrected chi connectivity index (χ3v) is 4.13. The van der Waals surface area contributed by atoms with Crippen molar-refractivity contribution in [1.29, 1.82) is 0 Å². The van der Waals surface area contributed by atoms with Crippen LogP contribution in [0.3, 0.4) is 0 Å². The van der Waals surface area contributed by atoms with Crippen LogP contribution >= 0.6 is 0 Å². The molecule has 2 aliphatic heterocycles. The fraction of sp³-hybridized carbons (Fsp3) is 1.00. The largest absolute Gasteiger partial charge is 0.390 e. The Morgan fingerprint density at radius 3 is 2.80 bits per heavy atom. The summed E-state index contributed by atoms with van der Waals surface area (Å²) < 4.78 is 0. The summed E-state index contributed by atoms with van der Waals surface area (Å²) in [5.74, 6) is 0.876. The predicted octanol–water partition coefficient (Wildman–Crippen LogP) is 2.46. The minimum atomic E-state index is -0.530. The highest BCUT2D eigenvalue weighted by Gasteiger charge is 2.46. The van der Waals surface area contributed by atoms with Crippen LogP contribution in [-0.2, 0) is 0 Å². The quantitative estimate of drug-likeness (QED) is 0.751. The number of fused-ring (bicyclic) bond motifs is 2. The Bertz CT molecular complexity index is 233. The van der Waals surface area contributed by atoms with Gasteiger partial charge in [-0.05, 0) is 51.9 Å². The lowest BCUT2D eigenvalue weighted by molar-refractivity contribution is 0.0262. The van der Waals surface area contributed by atoms with Gasteiger partial charge in [0.25, 0.3) is 0 Å². The van der Waals surface area contributed by atoms with Crippen LogP contribution in [0.4, 0.5) is 0 Å². The highest BCUT2D eigenvalue weighted by atomic mass is 16.3. The maximum Gasteiger partial charge on any atom is 0.0609 e. The van der Waals surface area contributed by atoms with Crippen molar-refractivity contribution in [2.45, 2.75) is 76.5 Å². The summed E-state index contributed by atoms with van der Waals surface area (Å²) in [7, 11) is 0. The van der Waals surface area contributed by atoms with Crippen LogP contribution in [0.15, 0.2) is 0 Å². The van der Waals surface area contributed by atoms with Gasteiger partial charge in [-0.3, -0.25) is 0 Å². The zero-order valence-corrected chi connectivity index (χ0v) is 10.3. The number of hydrogen-bond donors (Lipinski definition) is 2. The van der Waals surface area contributed by atoms with E-state index in [-0.39, 0.29) is 5.54 Å². The zero-order chi connectivity index (χ0) is 11.1. The first-order chi connectivity index (χ1) is 6.92. The molecule has 2 heteroatoms. The molecule has 0 aliphatic carbocycles. The van der Waals surface area contributed by atoms with E-state index in [9.17, 15) is 5.11 Å². The molecule has 0 aromatic rings. The van der Waals surface area contributed by atoms with Gasteiger partial charge in [0.2, 0.25) is 0 Å². The lowest BCUT2D eigenvalue weighted by Gasteiger charge is -2.42. The Kier molecular flexibility index (Phi) is 2.85. The normalized spacial score (nSPS) is 40.8. The molecule has 2 saturated heterocycles. The summed E-state index contributed by atoms with van der Waals surface area (Å²) in [6.45, 7) is 6.17. The average molecular weight is 211 g/mol. The minimum Gasteiger partial charge on any atom is -0.390 e. The van der Waals surface area contributed by atoms with Gasteiger partial charge >= 0.3 is 0 Å². The SMILES string of the molecule is CCC1CC2CCC(CC(C)(C)O)(C1)N2. The molecule has 0 aromatic carbocycles. The van der Waals surface area contributed by atoms with Crippen molar-refractivity contribution in [3.63, 3.8) is 0 Å². The molecule has 88 valence electrons. The molecule has 0 aromatic heterocycles. The number of aliphatic hydroxyl groups is 1. The van der Waals surface area contributed by atoms with Crippen molar-refractivity contribution in [3.8, 4) is 0 Å². The van der Waals surface area contributed by atoms with Gasteiger partial charge in [0.05, 0.1) is 5.60 Å². The minimum absolute atomic E-state index is 0.252. The van der Waals surface area contributed by atoms with Gasteiger partial charge in [-0.1, -0.05) is 13.3 Å². The molecule has 2 bridgehead atoms. The van der Waals surface area contributed by atoms with Crippen LogP contribution in [0.1, 0.15) is 59.3 Å². The van der Waals surface area contributed by atoms with Gasteiger partial charge < -0.3 is 10.4 Å². The van der Waals surface area contributed by atoms with Gasteiger partial charge in [0.1, 0.15) is 0 Å². The van der Waals surface area contributed by atoms with Crippen molar-refractivity contribution >= 4 is 0 Å². The molecule has 0 saturated carbocycles. The average Bonchev–Trinajstić information content (AvgIpc) is 2.38. The number of piperidine rings is 1. The summed E-state index contributed by atoms with van der Waals surface area (Å²) in [4.78, 5) is 0. The van der Waals surface area contributed by atoms with Crippen molar-refractivity contribution in [1.82, 2.24) is 5.32 Å². The van der Waals surface area contributed by atoms with Crippen LogP contribution in [0.25, 0.3) is 0 Å². The van der Waals surface area contributed by atoms with Gasteiger partial charge in [0.15, 0.2) is 0 Å². The van der Waals surface area contributed by atoms with Crippen LogP contribution in [0, 0.1) is 5.92 Å². The Balaban J connectivity index is 2.07.